The van der Waals surface area contributed by atoms with E-state index in [9.17, 15) is 90.0 Å². The summed E-state index contributed by atoms with van der Waals surface area (Å²) in [6.45, 7) is -2.34. The molecular weight excluding hydrogens is 1280 g/mol. The van der Waals surface area contributed by atoms with Crippen molar-refractivity contribution in [1.82, 2.24) is 0 Å². The molecule has 0 aliphatic rings. The Morgan fingerprint density at radius 2 is 0.374 bits per heavy atom. The van der Waals surface area contributed by atoms with Crippen LogP contribution in [0, 0.1) is 0 Å². The maximum Gasteiger partial charge on any atom is 6.00 e. The topological polar surface area (TPSA) is 558 Å². The third kappa shape index (κ3) is 39.0. The first-order chi connectivity index (χ1) is 42.6. The average Bonchev–Trinajstić information content (AvgIpc) is 2.41. The molecule has 0 saturated heterocycles. The molecule has 91 heavy (non-hydrogen) atoms. The second-order valence-electron chi connectivity index (χ2n) is 17.5. The number of carboxylic acid groups (broad SMARTS) is 6. The van der Waals surface area contributed by atoms with E-state index >= 15 is 0 Å². The van der Waals surface area contributed by atoms with Gasteiger partial charge in [0.15, 0.2) is 0 Å². The largest absolute Gasteiger partial charge is 6.00 e. The van der Waals surface area contributed by atoms with Gasteiger partial charge in [0, 0.05) is 112 Å². The van der Waals surface area contributed by atoms with Gasteiger partial charge in [0.1, 0.15) is 69.0 Å². The first-order valence-corrected chi connectivity index (χ1v) is 25.7. The van der Waals surface area contributed by atoms with E-state index in [-0.39, 0.29) is 90.1 Å². The zero-order valence-electron chi connectivity index (χ0n) is 47.7. The Labute approximate surface area is 532 Å². The number of hydrogen-bond acceptors (Lipinski definition) is 30. The van der Waals surface area contributed by atoms with Gasteiger partial charge in [-0.2, -0.15) is 0 Å². The van der Waals surface area contributed by atoms with E-state index in [0.29, 0.717) is 71.9 Å². The number of carbonyl (C=O) groups excluding carboxylic acids is 6. The normalized spacial score (nSPS) is 10.5. The molecule has 0 amide bonds. The molecule has 0 aliphatic heterocycles. The van der Waals surface area contributed by atoms with Crippen LogP contribution in [-0.4, -0.2) is 174 Å². The van der Waals surface area contributed by atoms with Crippen LogP contribution >= 0.6 is 0 Å². The summed E-state index contributed by atoms with van der Waals surface area (Å²) >= 11 is 0. The molecule has 6 aromatic carbocycles. The zero-order chi connectivity index (χ0) is 67.6. The quantitative estimate of drug-likeness (QED) is 0.0209. The number of aliphatic carboxylic acids is 6. The Bertz CT molecular complexity index is 2920. The van der Waals surface area contributed by atoms with E-state index in [2.05, 4.69) is 30.0 Å². The van der Waals surface area contributed by atoms with E-state index in [1.807, 2.05) is 0 Å². The van der Waals surface area contributed by atoms with Gasteiger partial charge in [0.2, 0.25) is 0 Å². The van der Waals surface area contributed by atoms with Gasteiger partial charge in [-0.25, -0.2) is 0 Å². The number of aliphatic imine (C=N–C) groups is 6. The number of benzene rings is 6. The van der Waals surface area contributed by atoms with Gasteiger partial charge in [-0.05, 0) is 69.8 Å². The maximum absolute atomic E-state index is 10.0. The molecule has 31 heteroatoms. The van der Waals surface area contributed by atoms with Gasteiger partial charge in [-0.15, -0.1) is 0 Å². The molecule has 0 saturated carbocycles. The molecule has 0 aliphatic carbocycles. The third-order valence-corrected chi connectivity index (χ3v) is 10.4. The molecule has 0 bridgehead atoms. The van der Waals surface area contributed by atoms with Crippen molar-refractivity contribution < 1.29 is 142 Å². The Morgan fingerprint density at radius 1 is 0.253 bits per heavy atom. The minimum Gasteiger partial charge on any atom is -0.548 e. The SMILES string of the molecule is O=C([O-])CN=CCc1ccc(O)cc1O.O=C([O-])CN=CCc1ccc(O)cc1O.O=C([O-])CN=CCc1ccc(O)cc1O.O=C([O-])CN=CCc1ccc(O)cc1O.O=C([O-])CN=CCc1ccc(O)cc1O.O=C([O-])CN=CCc1ccc(O)cc1O.[Mo+6]. The summed E-state index contributed by atoms with van der Waals surface area (Å²) in [6, 6.07) is 25.1. The fraction of sp³-hybridized carbons (Fsp3) is 0.200. The van der Waals surface area contributed by atoms with Crippen LogP contribution in [0.4, 0.5) is 0 Å². The molecule has 6 rings (SSSR count). The Balaban J connectivity index is 0.00000107. The van der Waals surface area contributed by atoms with Crippen molar-refractivity contribution in [2.45, 2.75) is 38.5 Å². The number of phenolic OH excluding ortho intramolecular Hbond substituents is 12. The van der Waals surface area contributed by atoms with Gasteiger partial charge in [-0.3, -0.25) is 30.0 Å². The molecule has 0 unspecified atom stereocenters. The van der Waals surface area contributed by atoms with Crippen LogP contribution in [0.15, 0.2) is 139 Å². The van der Waals surface area contributed by atoms with Gasteiger partial charge in [0.05, 0.1) is 75.1 Å². The molecule has 480 valence electrons. The average molecular weight is 1350 g/mol. The molecule has 0 atom stereocenters. The van der Waals surface area contributed by atoms with Crippen molar-refractivity contribution in [1.29, 1.82) is 0 Å². The van der Waals surface area contributed by atoms with Crippen LogP contribution < -0.4 is 30.6 Å². The monoisotopic (exact) mass is 1350 g/mol. The Morgan fingerprint density at radius 3 is 0.473 bits per heavy atom. The summed E-state index contributed by atoms with van der Waals surface area (Å²) in [5.74, 6) is -7.92. The number of carboxylic acids is 6. The van der Waals surface area contributed by atoms with Gasteiger partial charge in [-0.1, -0.05) is 36.4 Å². The van der Waals surface area contributed by atoms with E-state index in [0.717, 1.165) is 0 Å². The van der Waals surface area contributed by atoms with E-state index in [1.165, 1.54) is 146 Å². The van der Waals surface area contributed by atoms with Gasteiger partial charge >= 0.3 is 21.1 Å². The molecular formula is C60H60MoN6O24. The summed E-state index contributed by atoms with van der Waals surface area (Å²) in [4.78, 5) is 81.5. The summed E-state index contributed by atoms with van der Waals surface area (Å²) in [6.07, 6.45) is 10.1. The second-order valence-corrected chi connectivity index (χ2v) is 17.5. The van der Waals surface area contributed by atoms with Crippen LogP contribution in [-0.2, 0) is 88.4 Å². The summed E-state index contributed by atoms with van der Waals surface area (Å²) < 4.78 is 0. The van der Waals surface area contributed by atoms with E-state index < -0.39 is 75.1 Å². The number of hydrogen-bond donors (Lipinski definition) is 12. The van der Waals surface area contributed by atoms with Crippen LogP contribution in [0.1, 0.15) is 33.4 Å². The van der Waals surface area contributed by atoms with Crippen LogP contribution in [0.2, 0.25) is 0 Å². The van der Waals surface area contributed by atoms with E-state index in [4.69, 9.17) is 30.6 Å². The number of rotatable bonds is 24. The molecule has 0 fully saturated rings. The predicted octanol–water partition coefficient (Wildman–Crippen LogP) is -3.24. The van der Waals surface area contributed by atoms with Crippen molar-refractivity contribution in [2.75, 3.05) is 39.3 Å². The second kappa shape index (κ2) is 44.8. The number of nitrogens with zero attached hydrogens (tertiary/aromatic N) is 6. The fourth-order valence-corrected chi connectivity index (χ4v) is 6.16. The number of aromatic hydroxyl groups is 12. The molecule has 0 aromatic heterocycles. The fourth-order valence-electron chi connectivity index (χ4n) is 6.16. The first kappa shape index (κ1) is 79.4. The third-order valence-electron chi connectivity index (χ3n) is 10.4. The molecule has 0 spiro atoms. The van der Waals surface area contributed by atoms with Crippen molar-refractivity contribution >= 4 is 73.1 Å². The van der Waals surface area contributed by atoms with Crippen LogP contribution in [0.25, 0.3) is 0 Å². The summed E-state index contributed by atoms with van der Waals surface area (Å²) in [5.41, 5.74) is 3.39. The van der Waals surface area contributed by atoms with E-state index in [1.54, 1.807) is 0 Å². The number of carbonyl (C=O) groups is 6. The van der Waals surface area contributed by atoms with Gasteiger partial charge < -0.3 is 121 Å². The molecule has 0 heterocycles. The smallest absolute Gasteiger partial charge is 0.548 e. The standard InChI is InChI=1S/6C10H11NO4.Mo/c6*12-8-2-1-7(9(13)5-8)3-4-11-6-10(14)15;/h6*1-2,4-5,12-13H,3,6H2,(H,14,15);/q;;;;;;+6/p-6. The Kier molecular flexibility index (Phi) is 39.1. The molecule has 30 nitrogen and oxygen atoms in total. The number of phenols is 12. The van der Waals surface area contributed by atoms with Crippen molar-refractivity contribution in [3.8, 4) is 69.0 Å². The summed E-state index contributed by atoms with van der Waals surface area (Å²) in [7, 11) is 0. The maximum atomic E-state index is 10.0. The molecule has 6 aromatic rings. The molecule has 0 radical (unpaired) electrons. The van der Waals surface area contributed by atoms with Crippen molar-refractivity contribution in [3.63, 3.8) is 0 Å². The minimum absolute atomic E-state index is 0. The molecule has 12 N–H and O–H groups in total. The van der Waals surface area contributed by atoms with Crippen molar-refractivity contribution in [2.24, 2.45) is 30.0 Å². The predicted molar refractivity (Wildman–Crippen MR) is 311 cm³/mol. The van der Waals surface area contributed by atoms with Crippen molar-refractivity contribution in [3.05, 3.63) is 143 Å². The van der Waals surface area contributed by atoms with Crippen LogP contribution in [0.5, 0.6) is 69.0 Å². The zero-order valence-corrected chi connectivity index (χ0v) is 49.7. The van der Waals surface area contributed by atoms with Gasteiger partial charge in [0.25, 0.3) is 0 Å². The van der Waals surface area contributed by atoms with Crippen LogP contribution in [0.3, 0.4) is 0 Å². The minimum atomic E-state index is -1.25. The summed E-state index contributed by atoms with van der Waals surface area (Å²) in [5, 5.41) is 170. The Hall–Kier alpha value is -11.6. The first-order valence-electron chi connectivity index (χ1n) is 25.7.